The molecule has 9 heteroatoms. The van der Waals surface area contributed by atoms with Crippen LogP contribution in [0.25, 0.3) is 16.9 Å². The van der Waals surface area contributed by atoms with Crippen molar-refractivity contribution in [3.8, 4) is 11.4 Å². The Kier molecular flexibility index (Phi) is 4.32. The summed E-state index contributed by atoms with van der Waals surface area (Å²) < 4.78 is 15.9. The smallest absolute Gasteiger partial charge is 0.276 e. The number of carbonyl (C=O) groups excluding carboxylic acids is 1. The van der Waals surface area contributed by atoms with Crippen molar-refractivity contribution < 1.29 is 9.18 Å². The van der Waals surface area contributed by atoms with Crippen molar-refractivity contribution in [3.63, 3.8) is 0 Å². The van der Waals surface area contributed by atoms with Crippen LogP contribution in [-0.4, -0.2) is 20.3 Å². The molecule has 4 aromatic rings. The lowest BCUT2D eigenvalue weighted by Crippen LogP contribution is -2.11. The van der Waals surface area contributed by atoms with Gasteiger partial charge >= 0.3 is 0 Å². The van der Waals surface area contributed by atoms with Crippen LogP contribution in [0.3, 0.4) is 0 Å². The average Bonchev–Trinajstić information content (AvgIpc) is 3.01. The van der Waals surface area contributed by atoms with Crippen molar-refractivity contribution >= 4 is 34.5 Å². The van der Waals surface area contributed by atoms with Crippen LogP contribution >= 0.6 is 11.6 Å². The van der Waals surface area contributed by atoms with Crippen molar-refractivity contribution in [1.29, 1.82) is 0 Å². The van der Waals surface area contributed by atoms with E-state index in [1.807, 2.05) is 0 Å². The molecule has 0 spiro atoms. The summed E-state index contributed by atoms with van der Waals surface area (Å²) in [5, 5.41) is 3.18. The van der Waals surface area contributed by atoms with E-state index in [9.17, 15) is 14.0 Å². The first-order chi connectivity index (χ1) is 13.5. The van der Waals surface area contributed by atoms with Gasteiger partial charge in [0.1, 0.15) is 5.82 Å². The van der Waals surface area contributed by atoms with Crippen molar-refractivity contribution in [2.24, 2.45) is 5.73 Å². The van der Waals surface area contributed by atoms with Crippen LogP contribution < -0.4 is 16.6 Å². The van der Waals surface area contributed by atoms with E-state index in [1.54, 1.807) is 36.5 Å². The van der Waals surface area contributed by atoms with Crippen LogP contribution in [0.1, 0.15) is 10.4 Å². The normalized spacial score (nSPS) is 10.9. The van der Waals surface area contributed by atoms with E-state index in [4.69, 9.17) is 17.3 Å². The molecule has 0 fully saturated rings. The molecule has 4 rings (SSSR count). The summed E-state index contributed by atoms with van der Waals surface area (Å²) in [7, 11) is 0. The number of amides is 1. The molecular formula is C19H13ClFN5O2. The summed E-state index contributed by atoms with van der Waals surface area (Å²) in [5.74, 6) is -0.715. The minimum Gasteiger partial charge on any atom is -0.366 e. The summed E-state index contributed by atoms with van der Waals surface area (Å²) in [6.45, 7) is 0. The molecule has 0 aliphatic rings. The van der Waals surface area contributed by atoms with Gasteiger partial charge in [0.25, 0.3) is 5.56 Å². The topological polar surface area (TPSA) is 105 Å². The second-order valence-corrected chi connectivity index (χ2v) is 6.36. The van der Waals surface area contributed by atoms with E-state index in [0.29, 0.717) is 11.3 Å². The van der Waals surface area contributed by atoms with Crippen molar-refractivity contribution in [3.05, 3.63) is 81.6 Å². The molecule has 2 aromatic carbocycles. The number of fused-ring (bicyclic) bond motifs is 1. The number of hydrogen-bond donors (Lipinski definition) is 3. The molecule has 1 amide bonds. The standard InChI is InChI=1S/C19H13ClFN5O2/c20-12-2-1-3-13(21)14(12)18-25-17(15-19(28)23-8-9-26(15)18)24-11-6-4-10(5-7-11)16(22)27/h1-9,24H,(H2,22,27)(H,23,28). The van der Waals surface area contributed by atoms with Crippen molar-refractivity contribution in [1.82, 2.24) is 14.4 Å². The lowest BCUT2D eigenvalue weighted by atomic mass is 10.2. The van der Waals surface area contributed by atoms with E-state index >= 15 is 0 Å². The molecule has 0 aliphatic heterocycles. The molecule has 0 saturated carbocycles. The summed E-state index contributed by atoms with van der Waals surface area (Å²) in [6, 6.07) is 10.6. The number of aromatic nitrogens is 3. The number of nitrogens with one attached hydrogen (secondary N) is 2. The van der Waals surface area contributed by atoms with Gasteiger partial charge < -0.3 is 16.0 Å². The summed E-state index contributed by atoms with van der Waals surface area (Å²) in [5.41, 5.74) is 6.02. The van der Waals surface area contributed by atoms with E-state index in [1.165, 1.54) is 22.7 Å². The maximum absolute atomic E-state index is 14.4. The van der Waals surface area contributed by atoms with E-state index in [-0.39, 0.29) is 27.7 Å². The molecule has 0 unspecified atom stereocenters. The molecular weight excluding hydrogens is 385 g/mol. The Balaban J connectivity index is 1.88. The van der Waals surface area contributed by atoms with Gasteiger partial charge in [0.05, 0.1) is 10.6 Å². The summed E-state index contributed by atoms with van der Waals surface area (Å²) in [4.78, 5) is 30.6. The molecule has 0 bridgehead atoms. The zero-order chi connectivity index (χ0) is 19.8. The Hall–Kier alpha value is -3.65. The molecule has 28 heavy (non-hydrogen) atoms. The Labute approximate surface area is 162 Å². The van der Waals surface area contributed by atoms with Gasteiger partial charge in [-0.05, 0) is 36.4 Å². The third kappa shape index (κ3) is 2.99. The Bertz CT molecular complexity index is 1240. The number of halogens is 2. The summed E-state index contributed by atoms with van der Waals surface area (Å²) in [6.07, 6.45) is 2.99. The predicted molar refractivity (Wildman–Crippen MR) is 104 cm³/mol. The number of nitrogens with zero attached hydrogens (tertiary/aromatic N) is 2. The predicted octanol–water partition coefficient (Wildman–Crippen LogP) is 3.32. The number of primary amides is 1. The van der Waals surface area contributed by atoms with Crippen LogP contribution in [-0.2, 0) is 0 Å². The van der Waals surface area contributed by atoms with Crippen molar-refractivity contribution in [2.75, 3.05) is 5.32 Å². The number of aromatic amines is 1. The number of hydrogen-bond acceptors (Lipinski definition) is 4. The van der Waals surface area contributed by atoms with Crippen LogP contribution in [0.15, 0.2) is 59.7 Å². The van der Waals surface area contributed by atoms with Gasteiger partial charge in [-0.25, -0.2) is 9.37 Å². The van der Waals surface area contributed by atoms with Crippen LogP contribution in [0.2, 0.25) is 5.02 Å². The number of imidazole rings is 1. The van der Waals surface area contributed by atoms with Crippen LogP contribution in [0, 0.1) is 5.82 Å². The molecule has 0 aliphatic carbocycles. The molecule has 7 nitrogen and oxygen atoms in total. The fourth-order valence-corrected chi connectivity index (χ4v) is 3.13. The highest BCUT2D eigenvalue weighted by Crippen LogP contribution is 2.32. The van der Waals surface area contributed by atoms with Gasteiger partial charge in [0, 0.05) is 23.6 Å². The first kappa shape index (κ1) is 17.7. The zero-order valence-corrected chi connectivity index (χ0v) is 15.0. The number of anilines is 2. The van der Waals surface area contributed by atoms with E-state index in [0.717, 1.165) is 0 Å². The fraction of sp³-hybridized carbons (Fsp3) is 0. The van der Waals surface area contributed by atoms with Crippen molar-refractivity contribution in [2.45, 2.75) is 0 Å². The molecule has 0 radical (unpaired) electrons. The second kappa shape index (κ2) is 6.82. The third-order valence-corrected chi connectivity index (χ3v) is 4.50. The molecule has 0 saturated heterocycles. The maximum Gasteiger partial charge on any atom is 0.276 e. The number of rotatable bonds is 4. The van der Waals surface area contributed by atoms with Gasteiger partial charge in [0.15, 0.2) is 17.2 Å². The SMILES string of the molecule is NC(=O)c1ccc(Nc2nc(-c3c(F)cccc3Cl)n3cc[nH]c(=O)c23)cc1. The number of benzene rings is 2. The fourth-order valence-electron chi connectivity index (χ4n) is 2.88. The second-order valence-electron chi connectivity index (χ2n) is 5.96. The summed E-state index contributed by atoms with van der Waals surface area (Å²) >= 11 is 6.18. The van der Waals surface area contributed by atoms with E-state index < -0.39 is 17.3 Å². The number of nitrogens with two attached hydrogens (primary N) is 1. The molecule has 2 aromatic heterocycles. The largest absolute Gasteiger partial charge is 0.366 e. The molecule has 2 heterocycles. The lowest BCUT2D eigenvalue weighted by Gasteiger charge is -2.04. The van der Waals surface area contributed by atoms with Gasteiger partial charge in [0.2, 0.25) is 5.91 Å². The quantitative estimate of drug-likeness (QED) is 0.491. The minimum atomic E-state index is -0.558. The average molecular weight is 398 g/mol. The molecule has 4 N–H and O–H groups in total. The minimum absolute atomic E-state index is 0.0851. The van der Waals surface area contributed by atoms with E-state index in [2.05, 4.69) is 15.3 Å². The Morgan fingerprint density at radius 1 is 1.21 bits per heavy atom. The zero-order valence-electron chi connectivity index (χ0n) is 14.2. The van der Waals surface area contributed by atoms with Gasteiger partial charge in [-0.2, -0.15) is 0 Å². The van der Waals surface area contributed by atoms with Crippen LogP contribution in [0.4, 0.5) is 15.9 Å². The molecule has 140 valence electrons. The highest BCUT2D eigenvalue weighted by molar-refractivity contribution is 6.33. The Morgan fingerprint density at radius 3 is 2.64 bits per heavy atom. The maximum atomic E-state index is 14.4. The van der Waals surface area contributed by atoms with Crippen LogP contribution in [0.5, 0.6) is 0 Å². The third-order valence-electron chi connectivity index (χ3n) is 4.18. The monoisotopic (exact) mass is 397 g/mol. The number of carbonyl (C=O) groups is 1. The first-order valence-electron chi connectivity index (χ1n) is 8.16. The molecule has 0 atom stereocenters. The lowest BCUT2D eigenvalue weighted by molar-refractivity contribution is 0.100. The van der Waals surface area contributed by atoms with Gasteiger partial charge in [-0.15, -0.1) is 0 Å². The Morgan fingerprint density at radius 2 is 1.96 bits per heavy atom. The van der Waals surface area contributed by atoms with Gasteiger partial charge in [-0.3, -0.25) is 14.0 Å². The number of H-pyrrole nitrogens is 1. The first-order valence-corrected chi connectivity index (χ1v) is 8.54. The highest BCUT2D eigenvalue weighted by atomic mass is 35.5. The van der Waals surface area contributed by atoms with Gasteiger partial charge in [-0.1, -0.05) is 17.7 Å². The highest BCUT2D eigenvalue weighted by Gasteiger charge is 2.20.